The average Bonchev–Trinajstić information content (AvgIpc) is 3.13. The summed E-state index contributed by atoms with van der Waals surface area (Å²) in [6, 6.07) is 9.84. The first-order chi connectivity index (χ1) is 13.0. The van der Waals surface area contributed by atoms with E-state index in [2.05, 4.69) is 4.98 Å². The molecule has 3 heterocycles. The number of nitrogens with zero attached hydrogens (tertiary/aromatic N) is 2. The molecule has 0 saturated heterocycles. The summed E-state index contributed by atoms with van der Waals surface area (Å²) in [6.07, 6.45) is 4.92. The van der Waals surface area contributed by atoms with E-state index >= 15 is 0 Å². The molecule has 0 fully saturated rings. The number of fused-ring (bicyclic) bond motifs is 1. The number of nitrogens with one attached hydrogen (secondary N) is 1. The number of phenols is 1. The van der Waals surface area contributed by atoms with Gasteiger partial charge in [-0.1, -0.05) is 12.1 Å². The summed E-state index contributed by atoms with van der Waals surface area (Å²) in [5, 5.41) is 10.7. The summed E-state index contributed by atoms with van der Waals surface area (Å²) >= 11 is 0. The molecular weight excluding hydrogens is 346 g/mol. The number of pyridine rings is 2. The van der Waals surface area contributed by atoms with Crippen LogP contribution in [0.2, 0.25) is 0 Å². The second-order valence-corrected chi connectivity index (χ2v) is 6.30. The molecule has 0 aliphatic carbocycles. The molecule has 0 aliphatic rings. The van der Waals surface area contributed by atoms with Crippen molar-refractivity contribution in [2.75, 3.05) is 0 Å². The standard InChI is InChI=1S/C20H17N3O4/c1-22-11-17(27-16-6-4-3-5-15(16)24)13(9-18(22)25)14-10-23(2)20(26)19-12(14)7-8-21-19/h3-11,21,24H,1-2H3. The number of phenolic OH excluding ortho intramolecular Hbond substituents is 1. The number of H-pyrrole nitrogens is 1. The van der Waals surface area contributed by atoms with Gasteiger partial charge in [0.1, 0.15) is 5.52 Å². The molecule has 0 saturated carbocycles. The first-order valence-corrected chi connectivity index (χ1v) is 8.29. The molecule has 27 heavy (non-hydrogen) atoms. The van der Waals surface area contributed by atoms with Gasteiger partial charge in [-0.25, -0.2) is 0 Å². The minimum Gasteiger partial charge on any atom is -0.504 e. The van der Waals surface area contributed by atoms with Crippen molar-refractivity contribution < 1.29 is 9.84 Å². The second kappa shape index (κ2) is 6.21. The van der Waals surface area contributed by atoms with Crippen molar-refractivity contribution in [3.05, 3.63) is 75.7 Å². The summed E-state index contributed by atoms with van der Waals surface area (Å²) in [7, 11) is 3.27. The zero-order chi connectivity index (χ0) is 19.1. The van der Waals surface area contributed by atoms with Gasteiger partial charge in [-0.2, -0.15) is 0 Å². The molecule has 0 amide bonds. The van der Waals surface area contributed by atoms with Gasteiger partial charge in [-0.15, -0.1) is 0 Å². The van der Waals surface area contributed by atoms with Crippen LogP contribution >= 0.6 is 0 Å². The van der Waals surface area contributed by atoms with Crippen molar-refractivity contribution in [1.82, 2.24) is 14.1 Å². The van der Waals surface area contributed by atoms with Crippen molar-refractivity contribution in [2.45, 2.75) is 0 Å². The predicted octanol–water partition coefficient (Wildman–Crippen LogP) is 2.73. The van der Waals surface area contributed by atoms with Crippen molar-refractivity contribution in [1.29, 1.82) is 0 Å². The smallest absolute Gasteiger partial charge is 0.274 e. The van der Waals surface area contributed by atoms with Crippen LogP contribution in [0, 0.1) is 0 Å². The van der Waals surface area contributed by atoms with Crippen LogP contribution in [0.15, 0.2) is 64.6 Å². The number of benzene rings is 1. The zero-order valence-electron chi connectivity index (χ0n) is 14.8. The lowest BCUT2D eigenvalue weighted by atomic mass is 10.0. The molecule has 1 aromatic carbocycles. The monoisotopic (exact) mass is 363 g/mol. The third-order valence-corrected chi connectivity index (χ3v) is 4.46. The van der Waals surface area contributed by atoms with Gasteiger partial charge in [0.15, 0.2) is 17.2 Å². The summed E-state index contributed by atoms with van der Waals surface area (Å²) in [4.78, 5) is 27.6. The van der Waals surface area contributed by atoms with Gasteiger partial charge in [-0.3, -0.25) is 9.59 Å². The van der Waals surface area contributed by atoms with Crippen LogP contribution in [-0.4, -0.2) is 19.2 Å². The minimum atomic E-state index is -0.216. The van der Waals surface area contributed by atoms with Crippen molar-refractivity contribution >= 4 is 10.9 Å². The third kappa shape index (κ3) is 2.79. The van der Waals surface area contributed by atoms with Gasteiger partial charge in [0.2, 0.25) is 0 Å². The Morgan fingerprint density at radius 3 is 2.52 bits per heavy atom. The third-order valence-electron chi connectivity index (χ3n) is 4.46. The quantitative estimate of drug-likeness (QED) is 0.586. The highest BCUT2D eigenvalue weighted by Gasteiger charge is 2.17. The highest BCUT2D eigenvalue weighted by atomic mass is 16.5. The van der Waals surface area contributed by atoms with E-state index in [-0.39, 0.29) is 22.6 Å². The number of hydrogen-bond acceptors (Lipinski definition) is 4. The van der Waals surface area contributed by atoms with E-state index in [0.717, 1.165) is 0 Å². The topological polar surface area (TPSA) is 89.2 Å². The molecule has 3 aromatic heterocycles. The fourth-order valence-corrected chi connectivity index (χ4v) is 3.04. The Kier molecular flexibility index (Phi) is 3.84. The summed E-state index contributed by atoms with van der Waals surface area (Å²) in [6.45, 7) is 0. The van der Waals surface area contributed by atoms with E-state index in [1.54, 1.807) is 57.0 Å². The zero-order valence-corrected chi connectivity index (χ0v) is 14.8. The predicted molar refractivity (Wildman–Crippen MR) is 102 cm³/mol. The Bertz CT molecular complexity index is 1280. The Balaban J connectivity index is 1.99. The maximum absolute atomic E-state index is 12.3. The molecule has 136 valence electrons. The number of aryl methyl sites for hydroxylation is 2. The highest BCUT2D eigenvalue weighted by molar-refractivity contribution is 5.95. The van der Waals surface area contributed by atoms with Gasteiger partial charge >= 0.3 is 0 Å². The summed E-state index contributed by atoms with van der Waals surface area (Å²) in [5.74, 6) is 0.650. The Morgan fingerprint density at radius 2 is 1.74 bits per heavy atom. The van der Waals surface area contributed by atoms with Gasteiger partial charge in [0.05, 0.1) is 6.20 Å². The van der Waals surface area contributed by atoms with Crippen molar-refractivity contribution in [3.8, 4) is 28.4 Å². The number of aromatic hydroxyl groups is 1. The fraction of sp³-hybridized carbons (Fsp3) is 0.100. The number of hydrogen-bond donors (Lipinski definition) is 2. The van der Waals surface area contributed by atoms with Crippen LogP contribution in [0.4, 0.5) is 0 Å². The number of ether oxygens (including phenoxy) is 1. The minimum absolute atomic E-state index is 0.00967. The lowest BCUT2D eigenvalue weighted by molar-refractivity contribution is 0.410. The molecule has 0 radical (unpaired) electrons. The molecule has 0 aliphatic heterocycles. The first-order valence-electron chi connectivity index (χ1n) is 8.29. The second-order valence-electron chi connectivity index (χ2n) is 6.30. The largest absolute Gasteiger partial charge is 0.504 e. The van der Waals surface area contributed by atoms with E-state index in [0.29, 0.717) is 27.8 Å². The number of para-hydroxylation sites is 2. The molecule has 0 atom stereocenters. The molecule has 7 heteroatoms. The molecule has 4 rings (SSSR count). The SMILES string of the molecule is Cn1cc(Oc2ccccc2O)c(-c2cn(C)c(=O)c3[nH]ccc23)cc1=O. The van der Waals surface area contributed by atoms with E-state index in [9.17, 15) is 14.7 Å². The van der Waals surface area contributed by atoms with Crippen LogP contribution in [0.5, 0.6) is 17.2 Å². The van der Waals surface area contributed by atoms with Crippen LogP contribution in [0.1, 0.15) is 0 Å². The molecular formula is C20H17N3O4. The molecule has 7 nitrogen and oxygen atoms in total. The Labute approximate surface area is 153 Å². The van der Waals surface area contributed by atoms with E-state index < -0.39 is 0 Å². The molecule has 4 aromatic rings. The number of rotatable bonds is 3. The lowest BCUT2D eigenvalue weighted by Gasteiger charge is -2.15. The van der Waals surface area contributed by atoms with E-state index in [1.165, 1.54) is 21.3 Å². The fourth-order valence-electron chi connectivity index (χ4n) is 3.04. The van der Waals surface area contributed by atoms with Gasteiger partial charge in [0, 0.05) is 49.1 Å². The Morgan fingerprint density at radius 1 is 0.963 bits per heavy atom. The van der Waals surface area contributed by atoms with Gasteiger partial charge in [0.25, 0.3) is 11.1 Å². The summed E-state index contributed by atoms with van der Waals surface area (Å²) in [5.41, 5.74) is 1.28. The maximum atomic E-state index is 12.3. The van der Waals surface area contributed by atoms with Crippen molar-refractivity contribution in [2.24, 2.45) is 14.1 Å². The van der Waals surface area contributed by atoms with E-state index in [4.69, 9.17) is 4.74 Å². The van der Waals surface area contributed by atoms with Crippen molar-refractivity contribution in [3.63, 3.8) is 0 Å². The van der Waals surface area contributed by atoms with Crippen LogP contribution in [0.25, 0.3) is 22.0 Å². The lowest BCUT2D eigenvalue weighted by Crippen LogP contribution is -2.18. The first kappa shape index (κ1) is 16.7. The number of aromatic nitrogens is 3. The van der Waals surface area contributed by atoms with Crippen LogP contribution in [0.3, 0.4) is 0 Å². The molecule has 0 bridgehead atoms. The highest BCUT2D eigenvalue weighted by Crippen LogP contribution is 2.37. The number of aromatic amines is 1. The van der Waals surface area contributed by atoms with Crippen LogP contribution in [-0.2, 0) is 14.1 Å². The average molecular weight is 363 g/mol. The Hall–Kier alpha value is -3.74. The molecule has 2 N–H and O–H groups in total. The van der Waals surface area contributed by atoms with Crippen LogP contribution < -0.4 is 15.9 Å². The normalized spacial score (nSPS) is 11.0. The maximum Gasteiger partial charge on any atom is 0.274 e. The molecule has 0 spiro atoms. The van der Waals surface area contributed by atoms with Gasteiger partial charge in [-0.05, 0) is 18.2 Å². The molecule has 0 unspecified atom stereocenters. The summed E-state index contributed by atoms with van der Waals surface area (Å²) < 4.78 is 8.77. The van der Waals surface area contributed by atoms with Gasteiger partial charge < -0.3 is 24.0 Å². The van der Waals surface area contributed by atoms with E-state index in [1.807, 2.05) is 0 Å².